The van der Waals surface area contributed by atoms with Crippen LogP contribution in [0.4, 0.5) is 0 Å². The number of esters is 1. The van der Waals surface area contributed by atoms with Gasteiger partial charge in [0.25, 0.3) is 0 Å². The van der Waals surface area contributed by atoms with Crippen LogP contribution in [0.3, 0.4) is 0 Å². The summed E-state index contributed by atoms with van der Waals surface area (Å²) in [5, 5.41) is 3.35. The summed E-state index contributed by atoms with van der Waals surface area (Å²) >= 11 is 0. The highest BCUT2D eigenvalue weighted by molar-refractivity contribution is 5.85. The molecule has 5 heterocycles. The van der Waals surface area contributed by atoms with Crippen LogP contribution in [-0.4, -0.2) is 40.1 Å². The summed E-state index contributed by atoms with van der Waals surface area (Å²) in [4.78, 5) is 29.8. The van der Waals surface area contributed by atoms with E-state index in [9.17, 15) is 4.79 Å². The number of carbonyl (C=O) groups excluding carboxylic acids is 1. The lowest BCUT2D eigenvalue weighted by molar-refractivity contribution is -0.140. The van der Waals surface area contributed by atoms with Crippen LogP contribution in [0.1, 0.15) is 96.0 Å². The van der Waals surface area contributed by atoms with Crippen molar-refractivity contribution < 1.29 is 9.53 Å². The van der Waals surface area contributed by atoms with Crippen LogP contribution in [-0.2, 0) is 22.5 Å². The van der Waals surface area contributed by atoms with Gasteiger partial charge in [-0.3, -0.25) is 9.78 Å². The molecule has 2 aliphatic heterocycles. The molecule has 0 spiro atoms. The quantitative estimate of drug-likeness (QED) is 0.296. The fourth-order valence-corrected chi connectivity index (χ4v) is 6.24. The highest BCUT2D eigenvalue weighted by atomic mass is 16.5. The van der Waals surface area contributed by atoms with Crippen molar-refractivity contribution in [2.75, 3.05) is 14.2 Å². The van der Waals surface area contributed by atoms with E-state index < -0.39 is 0 Å². The molecule has 0 saturated carbocycles. The molecule has 0 aromatic carbocycles. The number of H-pyrrole nitrogens is 2. The molecular weight excluding hydrogens is 498 g/mol. The molecule has 8 bridgehead atoms. The van der Waals surface area contributed by atoms with E-state index in [1.165, 1.54) is 29.4 Å². The molecule has 2 aliphatic rings. The van der Waals surface area contributed by atoms with E-state index in [0.29, 0.717) is 12.8 Å². The van der Waals surface area contributed by atoms with Gasteiger partial charge in [-0.25, -0.2) is 4.98 Å². The van der Waals surface area contributed by atoms with Gasteiger partial charge in [-0.05, 0) is 105 Å². The van der Waals surface area contributed by atoms with E-state index in [2.05, 4.69) is 81.1 Å². The van der Waals surface area contributed by atoms with Gasteiger partial charge in [-0.15, -0.1) is 0 Å². The minimum Gasteiger partial charge on any atom is -0.469 e. The number of aromatic amines is 2. The number of nitrogens with one attached hydrogen (secondary N) is 3. The van der Waals surface area contributed by atoms with Crippen LogP contribution in [0.25, 0.3) is 33.7 Å². The Morgan fingerprint density at radius 2 is 1.62 bits per heavy atom. The number of nitrogens with zero attached hydrogens (tertiary/aromatic N) is 2. The molecular formula is C33H41N5O2. The Morgan fingerprint density at radius 3 is 2.30 bits per heavy atom. The second-order valence-electron chi connectivity index (χ2n) is 11.2. The Labute approximate surface area is 236 Å². The molecule has 5 rings (SSSR count). The van der Waals surface area contributed by atoms with E-state index in [4.69, 9.17) is 14.7 Å². The van der Waals surface area contributed by atoms with E-state index in [1.54, 1.807) is 0 Å². The lowest BCUT2D eigenvalue weighted by atomic mass is 9.86. The molecule has 3 N–H and O–H groups in total. The SMILES string of the molecule is CCc1c(C)c2cc3[nH]c(cc4nc(c(C)c5nc(cc1[nH]2)C(C)=C5)[C@@H](CCC(=O)OC)C4C)c(C)c3CNC. The summed E-state index contributed by atoms with van der Waals surface area (Å²) in [5.41, 5.74) is 15.5. The van der Waals surface area contributed by atoms with E-state index >= 15 is 0 Å². The fraction of sp³-hybridized carbons (Fsp3) is 0.424. The standard InChI is InChI=1S/C33H41N5O2/c1-9-22-18(3)28-15-31-24(16-34-7)20(5)27(37-31)14-29-19(4)23(10-11-32(39)40-8)33(38-29)21(6)26-12-17(2)25(35-26)13-30(22)36-28/h12-15,19,23,34,36-37H,9-11,16H2,1-8H3/t19?,23-/m0/s1. The first kappa shape index (κ1) is 27.8. The molecule has 1 unspecified atom stereocenters. The highest BCUT2D eigenvalue weighted by Gasteiger charge is 2.31. The van der Waals surface area contributed by atoms with Gasteiger partial charge >= 0.3 is 5.97 Å². The molecule has 40 heavy (non-hydrogen) atoms. The van der Waals surface area contributed by atoms with Crippen molar-refractivity contribution in [1.29, 1.82) is 0 Å². The second-order valence-corrected chi connectivity index (χ2v) is 11.2. The van der Waals surface area contributed by atoms with Crippen molar-refractivity contribution in [3.05, 3.63) is 68.8 Å². The fourth-order valence-electron chi connectivity index (χ4n) is 6.24. The maximum atomic E-state index is 12.1. The minimum absolute atomic E-state index is 0.100. The lowest BCUT2D eigenvalue weighted by Crippen LogP contribution is -2.08. The smallest absolute Gasteiger partial charge is 0.305 e. The van der Waals surface area contributed by atoms with Crippen LogP contribution in [0.2, 0.25) is 0 Å². The van der Waals surface area contributed by atoms with E-state index in [1.807, 2.05) is 7.05 Å². The first-order valence-electron chi connectivity index (χ1n) is 14.3. The van der Waals surface area contributed by atoms with Gasteiger partial charge in [0.1, 0.15) is 0 Å². The first-order chi connectivity index (χ1) is 19.2. The zero-order valence-corrected chi connectivity index (χ0v) is 25.0. The number of hydrogen-bond acceptors (Lipinski definition) is 5. The number of fused-ring (bicyclic) bond motifs is 8. The van der Waals surface area contributed by atoms with Gasteiger partial charge in [-0.1, -0.05) is 13.8 Å². The zero-order valence-electron chi connectivity index (χ0n) is 25.0. The first-order valence-corrected chi connectivity index (χ1v) is 14.3. The maximum Gasteiger partial charge on any atom is 0.305 e. The van der Waals surface area contributed by atoms with Crippen LogP contribution >= 0.6 is 0 Å². The third-order valence-corrected chi connectivity index (χ3v) is 8.80. The van der Waals surface area contributed by atoms with Gasteiger partial charge in [0.2, 0.25) is 0 Å². The molecule has 0 amide bonds. The summed E-state index contributed by atoms with van der Waals surface area (Å²) in [7, 11) is 3.43. The molecule has 7 heteroatoms. The predicted octanol–water partition coefficient (Wildman–Crippen LogP) is 6.92. The highest BCUT2D eigenvalue weighted by Crippen LogP contribution is 2.42. The summed E-state index contributed by atoms with van der Waals surface area (Å²) in [5.74, 6) is 0.0574. The maximum absolute atomic E-state index is 12.1. The third-order valence-electron chi connectivity index (χ3n) is 8.80. The predicted molar refractivity (Wildman–Crippen MR) is 163 cm³/mol. The van der Waals surface area contributed by atoms with Gasteiger partial charge < -0.3 is 20.0 Å². The number of methoxy groups -OCH3 is 1. The van der Waals surface area contributed by atoms with Crippen LogP contribution in [0.15, 0.2) is 18.2 Å². The third kappa shape index (κ3) is 4.87. The van der Waals surface area contributed by atoms with E-state index in [0.717, 1.165) is 68.9 Å². The summed E-state index contributed by atoms with van der Waals surface area (Å²) < 4.78 is 4.97. The number of aromatic nitrogens is 4. The number of aryl methyl sites for hydroxylation is 3. The molecule has 2 atom stereocenters. The van der Waals surface area contributed by atoms with Gasteiger partial charge in [-0.2, -0.15) is 0 Å². The number of carbonyl (C=O) groups is 1. The van der Waals surface area contributed by atoms with Gasteiger partial charge in [0, 0.05) is 58.3 Å². The van der Waals surface area contributed by atoms with Crippen molar-refractivity contribution in [3.63, 3.8) is 0 Å². The Kier molecular flexibility index (Phi) is 7.69. The van der Waals surface area contributed by atoms with Crippen molar-refractivity contribution in [3.8, 4) is 0 Å². The zero-order chi connectivity index (χ0) is 28.7. The van der Waals surface area contributed by atoms with Crippen molar-refractivity contribution in [1.82, 2.24) is 25.3 Å². The lowest BCUT2D eigenvalue weighted by Gasteiger charge is -2.16. The molecule has 210 valence electrons. The molecule has 0 fully saturated rings. The molecule has 0 aliphatic carbocycles. The molecule has 7 nitrogen and oxygen atoms in total. The molecule has 0 saturated heterocycles. The van der Waals surface area contributed by atoms with Crippen LogP contribution in [0, 0.1) is 20.8 Å². The number of hydrogen-bond donors (Lipinski definition) is 3. The van der Waals surface area contributed by atoms with Crippen molar-refractivity contribution >= 4 is 39.7 Å². The Bertz CT molecular complexity index is 1670. The van der Waals surface area contributed by atoms with Crippen LogP contribution < -0.4 is 5.32 Å². The Morgan fingerprint density at radius 1 is 0.950 bits per heavy atom. The van der Waals surface area contributed by atoms with Gasteiger partial charge in [0.15, 0.2) is 0 Å². The van der Waals surface area contributed by atoms with E-state index in [-0.39, 0.29) is 17.8 Å². The number of ether oxygens (including phenoxy) is 1. The number of rotatable bonds is 6. The van der Waals surface area contributed by atoms with Crippen LogP contribution in [0.5, 0.6) is 0 Å². The number of allylic oxidation sites excluding steroid dienone is 1. The van der Waals surface area contributed by atoms with Crippen molar-refractivity contribution in [2.24, 2.45) is 0 Å². The molecule has 3 aromatic rings. The second kappa shape index (κ2) is 11.0. The molecule has 3 aromatic heterocycles. The Balaban J connectivity index is 1.88. The monoisotopic (exact) mass is 539 g/mol. The normalized spacial score (nSPS) is 16.8. The molecule has 0 radical (unpaired) electrons. The minimum atomic E-state index is -0.191. The van der Waals surface area contributed by atoms with Gasteiger partial charge in [0.05, 0.1) is 18.5 Å². The summed E-state index contributed by atoms with van der Waals surface area (Å²) in [6.07, 6.45) is 4.13. The average Bonchev–Trinajstić information content (AvgIpc) is 3.63. The largest absolute Gasteiger partial charge is 0.469 e. The topological polar surface area (TPSA) is 95.7 Å². The Hall–Kier alpha value is -3.71. The average molecular weight is 540 g/mol. The summed E-state index contributed by atoms with van der Waals surface area (Å²) in [6.45, 7) is 13.8. The summed E-state index contributed by atoms with van der Waals surface area (Å²) in [6, 6.07) is 6.61. The van der Waals surface area contributed by atoms with Crippen molar-refractivity contribution in [2.45, 2.75) is 79.2 Å².